The molecule has 0 radical (unpaired) electrons. The van der Waals surface area contributed by atoms with Crippen LogP contribution in [0.4, 0.5) is 0 Å². The van der Waals surface area contributed by atoms with Crippen LogP contribution in [0.3, 0.4) is 0 Å². The van der Waals surface area contributed by atoms with Crippen LogP contribution >= 0.6 is 0 Å². The monoisotopic (exact) mass is 386 g/mol. The number of ether oxygens (including phenoxy) is 2. The molecule has 4 bridgehead atoms. The minimum Gasteiger partial charge on any atom is -0.461 e. The zero-order valence-electron chi connectivity index (χ0n) is 16.5. The van der Waals surface area contributed by atoms with Crippen LogP contribution < -0.4 is 0 Å². The summed E-state index contributed by atoms with van der Waals surface area (Å²) >= 11 is 0. The maximum Gasteiger partial charge on any atom is 0.338 e. The number of carbonyl (C=O) groups excluding carboxylic acids is 2. The van der Waals surface area contributed by atoms with Gasteiger partial charge in [0.25, 0.3) is 0 Å². The summed E-state index contributed by atoms with van der Waals surface area (Å²) in [4.78, 5) is 24.1. The Labute approximate surface area is 164 Å². The molecule has 0 aromatic carbocycles. The number of carbonyl (C=O) groups is 2. The zero-order chi connectivity index (χ0) is 20.4. The number of esters is 2. The molecular formula is C22H26O6. The highest BCUT2D eigenvalue weighted by Crippen LogP contribution is 2.33. The number of allylic oxidation sites excluding steroid dienone is 1. The molecule has 0 fully saturated rings. The van der Waals surface area contributed by atoms with Gasteiger partial charge >= 0.3 is 11.9 Å². The van der Waals surface area contributed by atoms with Crippen LogP contribution in [0.15, 0.2) is 39.9 Å². The lowest BCUT2D eigenvalue weighted by atomic mass is 9.87. The molecule has 0 saturated carbocycles. The topological polar surface area (TPSA) is 86.0 Å². The highest BCUT2D eigenvalue weighted by Gasteiger charge is 2.35. The third-order valence-electron chi connectivity index (χ3n) is 5.14. The number of rotatable bonds is 3. The van der Waals surface area contributed by atoms with Gasteiger partial charge in [0.2, 0.25) is 0 Å². The number of hydrogen-bond acceptors (Lipinski definition) is 6. The number of hydrogen-bond donors (Lipinski definition) is 1. The van der Waals surface area contributed by atoms with Crippen molar-refractivity contribution in [2.24, 2.45) is 5.92 Å². The normalized spacial score (nSPS) is 26.7. The highest BCUT2D eigenvalue weighted by atomic mass is 16.6. The molecule has 1 aromatic heterocycles. The summed E-state index contributed by atoms with van der Waals surface area (Å²) in [6.45, 7) is 9.08. The van der Waals surface area contributed by atoms with E-state index in [-0.39, 0.29) is 12.5 Å². The predicted octanol–water partition coefficient (Wildman–Crippen LogP) is 3.49. The van der Waals surface area contributed by atoms with Crippen LogP contribution in [0.1, 0.15) is 50.7 Å². The number of aliphatic hydroxyl groups is 1. The Balaban J connectivity index is 2.05. The minimum absolute atomic E-state index is 0.104. The standard InChI is InChI=1S/C22H26O6/c1-12(2)15-8-20-16(11-23)7-17(27-20)5-13(3)6-18-10-19(22(25)28-18)21(9-15)26-14(4)24/h5,7,10,15,18,21,23H,1,6,8-9,11H2,2-4H3/b13-5+/t15-,18-,21?/m1/s1. The molecule has 0 spiro atoms. The van der Waals surface area contributed by atoms with Crippen molar-refractivity contribution in [1.29, 1.82) is 0 Å². The van der Waals surface area contributed by atoms with E-state index in [0.717, 1.165) is 16.7 Å². The Morgan fingerprint density at radius 2 is 2.11 bits per heavy atom. The van der Waals surface area contributed by atoms with Crippen LogP contribution in [0.5, 0.6) is 0 Å². The second-order valence-corrected chi connectivity index (χ2v) is 7.60. The van der Waals surface area contributed by atoms with E-state index in [4.69, 9.17) is 13.9 Å². The molecule has 150 valence electrons. The maximum absolute atomic E-state index is 12.4. The van der Waals surface area contributed by atoms with Gasteiger partial charge in [0, 0.05) is 25.3 Å². The van der Waals surface area contributed by atoms with Crippen molar-refractivity contribution in [3.05, 3.63) is 52.5 Å². The van der Waals surface area contributed by atoms with Crippen LogP contribution in [-0.4, -0.2) is 29.3 Å². The molecule has 6 heteroatoms. The van der Waals surface area contributed by atoms with Crippen molar-refractivity contribution < 1.29 is 28.6 Å². The number of aliphatic hydroxyl groups excluding tert-OH is 1. The van der Waals surface area contributed by atoms with Crippen molar-refractivity contribution in [3.63, 3.8) is 0 Å². The average Bonchev–Trinajstić information content (AvgIpc) is 3.15. The molecule has 0 aliphatic carbocycles. The smallest absolute Gasteiger partial charge is 0.338 e. The fraction of sp³-hybridized carbons (Fsp3) is 0.455. The molecule has 2 aliphatic rings. The quantitative estimate of drug-likeness (QED) is 0.632. The molecular weight excluding hydrogens is 360 g/mol. The molecule has 3 heterocycles. The van der Waals surface area contributed by atoms with Crippen molar-refractivity contribution in [3.8, 4) is 0 Å². The number of furan rings is 1. The van der Waals surface area contributed by atoms with E-state index < -0.39 is 24.1 Å². The zero-order valence-corrected chi connectivity index (χ0v) is 16.5. The largest absolute Gasteiger partial charge is 0.461 e. The van der Waals surface area contributed by atoms with Gasteiger partial charge < -0.3 is 19.0 Å². The van der Waals surface area contributed by atoms with E-state index in [1.54, 1.807) is 6.08 Å². The van der Waals surface area contributed by atoms with Crippen LogP contribution in [-0.2, 0) is 32.1 Å². The highest BCUT2D eigenvalue weighted by molar-refractivity contribution is 5.92. The Hall–Kier alpha value is -2.60. The van der Waals surface area contributed by atoms with Crippen molar-refractivity contribution in [1.82, 2.24) is 0 Å². The second kappa shape index (κ2) is 8.19. The fourth-order valence-corrected chi connectivity index (χ4v) is 3.71. The Bertz CT molecular complexity index is 856. The van der Waals surface area contributed by atoms with E-state index in [2.05, 4.69) is 6.58 Å². The summed E-state index contributed by atoms with van der Waals surface area (Å²) in [5.41, 5.74) is 2.95. The molecule has 6 nitrogen and oxygen atoms in total. The van der Waals surface area contributed by atoms with E-state index in [1.165, 1.54) is 6.92 Å². The van der Waals surface area contributed by atoms with E-state index >= 15 is 0 Å². The minimum atomic E-state index is -0.714. The second-order valence-electron chi connectivity index (χ2n) is 7.60. The van der Waals surface area contributed by atoms with E-state index in [9.17, 15) is 14.7 Å². The first-order valence-electron chi connectivity index (χ1n) is 9.41. The Morgan fingerprint density at radius 1 is 1.36 bits per heavy atom. The van der Waals surface area contributed by atoms with E-state index in [1.807, 2.05) is 26.0 Å². The van der Waals surface area contributed by atoms with Gasteiger partial charge in [0.05, 0.1) is 12.2 Å². The average molecular weight is 386 g/mol. The van der Waals surface area contributed by atoms with E-state index in [0.29, 0.717) is 36.4 Å². The fourth-order valence-electron chi connectivity index (χ4n) is 3.71. The SMILES string of the molecule is C=C(C)[C@@H]1Cc2oc(cc2CO)/C=C(\C)C[C@@H]2C=C(C(=O)O2)C(OC(C)=O)C1. The van der Waals surface area contributed by atoms with Gasteiger partial charge in [-0.2, -0.15) is 0 Å². The summed E-state index contributed by atoms with van der Waals surface area (Å²) in [6.07, 6.45) is 3.90. The predicted molar refractivity (Wildman–Crippen MR) is 103 cm³/mol. The van der Waals surface area contributed by atoms with Crippen LogP contribution in [0.25, 0.3) is 6.08 Å². The molecule has 1 N–H and O–H groups in total. The van der Waals surface area contributed by atoms with Gasteiger partial charge in [-0.3, -0.25) is 4.79 Å². The van der Waals surface area contributed by atoms with Crippen LogP contribution in [0, 0.1) is 5.92 Å². The molecule has 1 unspecified atom stereocenters. The van der Waals surface area contributed by atoms with Gasteiger partial charge in [-0.1, -0.05) is 17.7 Å². The summed E-state index contributed by atoms with van der Waals surface area (Å²) in [6, 6.07) is 1.82. The van der Waals surface area contributed by atoms with Crippen molar-refractivity contribution >= 4 is 18.0 Å². The third kappa shape index (κ3) is 4.44. The van der Waals surface area contributed by atoms with Gasteiger partial charge in [0.1, 0.15) is 23.7 Å². The molecule has 3 atom stereocenters. The summed E-state index contributed by atoms with van der Waals surface area (Å²) in [5.74, 6) is 0.320. The van der Waals surface area contributed by atoms with Gasteiger partial charge in [-0.05, 0) is 44.4 Å². The molecule has 2 aliphatic heterocycles. The Morgan fingerprint density at radius 3 is 2.75 bits per heavy atom. The van der Waals surface area contributed by atoms with Crippen LogP contribution in [0.2, 0.25) is 0 Å². The summed E-state index contributed by atoms with van der Waals surface area (Å²) < 4.78 is 16.9. The first-order chi connectivity index (χ1) is 13.3. The summed E-state index contributed by atoms with van der Waals surface area (Å²) in [7, 11) is 0. The first kappa shape index (κ1) is 20.1. The first-order valence-corrected chi connectivity index (χ1v) is 9.41. The molecule has 3 rings (SSSR count). The number of fused-ring (bicyclic) bond motifs is 3. The lowest BCUT2D eigenvalue weighted by Gasteiger charge is -2.23. The Kier molecular flexibility index (Phi) is 5.89. The van der Waals surface area contributed by atoms with Gasteiger partial charge in [-0.15, -0.1) is 0 Å². The molecule has 1 aromatic rings. The molecule has 0 saturated heterocycles. The molecule has 28 heavy (non-hydrogen) atoms. The third-order valence-corrected chi connectivity index (χ3v) is 5.14. The maximum atomic E-state index is 12.4. The van der Waals surface area contributed by atoms with Gasteiger partial charge in [0.15, 0.2) is 0 Å². The summed E-state index contributed by atoms with van der Waals surface area (Å²) in [5, 5.41) is 9.72. The van der Waals surface area contributed by atoms with Crippen molar-refractivity contribution in [2.45, 2.75) is 58.8 Å². The van der Waals surface area contributed by atoms with Gasteiger partial charge in [-0.25, -0.2) is 4.79 Å². The van der Waals surface area contributed by atoms with Crippen molar-refractivity contribution in [2.75, 3.05) is 0 Å². The lowest BCUT2D eigenvalue weighted by Crippen LogP contribution is -2.26. The lowest BCUT2D eigenvalue weighted by molar-refractivity contribution is -0.147. The molecule has 0 amide bonds.